The van der Waals surface area contributed by atoms with E-state index in [2.05, 4.69) is 10.4 Å². The van der Waals surface area contributed by atoms with Crippen LogP contribution < -0.4 is 11.0 Å². The minimum atomic E-state index is -0.671. The number of amides is 2. The number of carbonyl (C=O) groups is 2. The fourth-order valence-electron chi connectivity index (χ4n) is 3.00. The van der Waals surface area contributed by atoms with Crippen molar-refractivity contribution in [2.75, 3.05) is 0 Å². The molecule has 0 saturated carbocycles. The Bertz CT molecular complexity index is 1360. The van der Waals surface area contributed by atoms with Gasteiger partial charge in [-0.25, -0.2) is 0 Å². The number of non-ortho nitro benzene ring substituents is 1. The molecule has 9 nitrogen and oxygen atoms in total. The summed E-state index contributed by atoms with van der Waals surface area (Å²) in [5.74, 6) is -1.25. The van der Waals surface area contributed by atoms with Crippen molar-refractivity contribution in [3.8, 4) is 0 Å². The van der Waals surface area contributed by atoms with E-state index in [9.17, 15) is 24.5 Å². The molecule has 2 N–H and O–H groups in total. The third-order valence-electron chi connectivity index (χ3n) is 4.38. The fraction of sp³-hybridized carbons (Fsp3) is 0. The first-order valence-electron chi connectivity index (χ1n) is 8.79. The predicted molar refractivity (Wildman–Crippen MR) is 120 cm³/mol. The zero-order valence-electron chi connectivity index (χ0n) is 15.5. The maximum Gasteiger partial charge on any atom is 0.285 e. The standard InChI is InChI=1S/C20H12N4O5S2/c25-17-10-14(13-6-1-2-7-15(13)21-17)18(26)22-23-19(27)16(31-20(23)30)9-11-4-3-5-12(8-11)24(28)29/h1-10H,(H,21,25)(H,22,26). The second kappa shape index (κ2) is 8.13. The molecule has 1 fully saturated rings. The summed E-state index contributed by atoms with van der Waals surface area (Å²) in [6, 6.07) is 13.7. The number of hydrogen-bond donors (Lipinski definition) is 2. The number of benzene rings is 2. The summed E-state index contributed by atoms with van der Waals surface area (Å²) in [6.45, 7) is 0. The largest absolute Gasteiger partial charge is 0.322 e. The molecule has 2 heterocycles. The molecule has 0 unspecified atom stereocenters. The van der Waals surface area contributed by atoms with Crippen LogP contribution in [0.2, 0.25) is 0 Å². The number of H-pyrrole nitrogens is 1. The summed E-state index contributed by atoms with van der Waals surface area (Å²) in [5.41, 5.74) is 2.89. The molecular formula is C20H12N4O5S2. The van der Waals surface area contributed by atoms with Crippen LogP contribution in [0.4, 0.5) is 5.69 Å². The smallest absolute Gasteiger partial charge is 0.285 e. The van der Waals surface area contributed by atoms with Crippen LogP contribution in [0.5, 0.6) is 0 Å². The van der Waals surface area contributed by atoms with Crippen LogP contribution in [0.15, 0.2) is 64.3 Å². The van der Waals surface area contributed by atoms with Gasteiger partial charge < -0.3 is 4.98 Å². The van der Waals surface area contributed by atoms with E-state index in [1.165, 1.54) is 24.3 Å². The molecule has 1 aromatic heterocycles. The van der Waals surface area contributed by atoms with Gasteiger partial charge in [0.2, 0.25) is 5.56 Å². The number of aromatic nitrogens is 1. The molecule has 154 valence electrons. The molecule has 11 heteroatoms. The Hall–Kier alpha value is -3.83. The average molecular weight is 452 g/mol. The molecule has 1 saturated heterocycles. The first-order valence-corrected chi connectivity index (χ1v) is 10.0. The molecule has 2 aromatic carbocycles. The van der Waals surface area contributed by atoms with Gasteiger partial charge in [-0.1, -0.05) is 42.1 Å². The van der Waals surface area contributed by atoms with Gasteiger partial charge in [-0.2, -0.15) is 5.01 Å². The molecule has 0 bridgehead atoms. The number of thioether (sulfide) groups is 1. The van der Waals surface area contributed by atoms with E-state index in [0.717, 1.165) is 22.8 Å². The number of nitro benzene ring substituents is 1. The minimum absolute atomic E-state index is 0.0872. The monoisotopic (exact) mass is 452 g/mol. The fourth-order valence-corrected chi connectivity index (χ4v) is 4.18. The van der Waals surface area contributed by atoms with Crippen LogP contribution in [0, 0.1) is 10.1 Å². The highest BCUT2D eigenvalue weighted by Gasteiger charge is 2.34. The SMILES string of the molecule is O=C(NN1C(=O)C(=Cc2cccc([N+](=O)[O-])c2)SC1=S)c1cc(=O)[nH]c2ccccc12. The van der Waals surface area contributed by atoms with Crippen LogP contribution in [-0.2, 0) is 4.79 Å². The van der Waals surface area contributed by atoms with Gasteiger partial charge in [-0.15, -0.1) is 0 Å². The Morgan fingerprint density at radius 2 is 1.94 bits per heavy atom. The van der Waals surface area contributed by atoms with Crippen molar-refractivity contribution in [2.24, 2.45) is 0 Å². The molecule has 1 aliphatic heterocycles. The van der Waals surface area contributed by atoms with Gasteiger partial charge in [0.05, 0.1) is 15.4 Å². The lowest BCUT2D eigenvalue weighted by Gasteiger charge is -2.16. The average Bonchev–Trinajstić information content (AvgIpc) is 3.00. The zero-order valence-corrected chi connectivity index (χ0v) is 17.2. The van der Waals surface area contributed by atoms with Crippen LogP contribution >= 0.6 is 24.0 Å². The Labute approximate surface area is 183 Å². The first kappa shape index (κ1) is 20.4. The van der Waals surface area contributed by atoms with Gasteiger partial charge in [0.1, 0.15) is 0 Å². The maximum absolute atomic E-state index is 12.8. The third kappa shape index (κ3) is 4.09. The van der Waals surface area contributed by atoms with Crippen molar-refractivity contribution in [1.29, 1.82) is 0 Å². The van der Waals surface area contributed by atoms with Crippen LogP contribution in [0.25, 0.3) is 17.0 Å². The van der Waals surface area contributed by atoms with E-state index in [1.807, 2.05) is 0 Å². The molecular weight excluding hydrogens is 440 g/mol. The number of rotatable bonds is 4. The van der Waals surface area contributed by atoms with Gasteiger partial charge in [-0.3, -0.25) is 29.9 Å². The number of hydrazine groups is 1. The maximum atomic E-state index is 12.8. The zero-order chi connectivity index (χ0) is 22.1. The Morgan fingerprint density at radius 3 is 2.71 bits per heavy atom. The highest BCUT2D eigenvalue weighted by Crippen LogP contribution is 2.32. The molecule has 1 aliphatic rings. The summed E-state index contributed by atoms with van der Waals surface area (Å²) in [6.07, 6.45) is 1.46. The number of thiocarbonyl (C=S) groups is 1. The number of fused-ring (bicyclic) bond motifs is 1. The summed E-state index contributed by atoms with van der Waals surface area (Å²) in [4.78, 5) is 50.7. The highest BCUT2D eigenvalue weighted by atomic mass is 32.2. The summed E-state index contributed by atoms with van der Waals surface area (Å²) in [5, 5.41) is 12.4. The second-order valence-electron chi connectivity index (χ2n) is 6.40. The summed E-state index contributed by atoms with van der Waals surface area (Å²) >= 11 is 6.16. The van der Waals surface area contributed by atoms with Crippen molar-refractivity contribution >= 4 is 62.8 Å². The van der Waals surface area contributed by atoms with Crippen LogP contribution in [-0.4, -0.2) is 31.1 Å². The lowest BCUT2D eigenvalue weighted by Crippen LogP contribution is -2.45. The number of pyridine rings is 1. The van der Waals surface area contributed by atoms with Crippen LogP contribution in [0.3, 0.4) is 0 Å². The number of carbonyl (C=O) groups excluding carboxylic acids is 2. The van der Waals surface area contributed by atoms with Crippen molar-refractivity contribution in [3.63, 3.8) is 0 Å². The molecule has 0 aliphatic carbocycles. The molecule has 0 radical (unpaired) electrons. The molecule has 31 heavy (non-hydrogen) atoms. The number of aromatic amines is 1. The number of nitrogens with one attached hydrogen (secondary N) is 2. The van der Waals surface area contributed by atoms with Gasteiger partial charge in [0, 0.05) is 29.1 Å². The van der Waals surface area contributed by atoms with Crippen molar-refractivity contribution in [3.05, 3.63) is 91.1 Å². The quantitative estimate of drug-likeness (QED) is 0.270. The topological polar surface area (TPSA) is 125 Å². The van der Waals surface area contributed by atoms with E-state index in [4.69, 9.17) is 12.2 Å². The van der Waals surface area contributed by atoms with Gasteiger partial charge in [-0.05, 0) is 29.9 Å². The normalized spacial score (nSPS) is 15.0. The molecule has 4 rings (SSSR count). The molecule has 0 spiro atoms. The molecule has 3 aromatic rings. The number of para-hydroxylation sites is 1. The van der Waals surface area contributed by atoms with Crippen LogP contribution in [0.1, 0.15) is 15.9 Å². The number of nitrogens with zero attached hydrogens (tertiary/aromatic N) is 2. The second-order valence-corrected chi connectivity index (χ2v) is 8.08. The number of nitro groups is 1. The van der Waals surface area contributed by atoms with E-state index in [1.54, 1.807) is 30.3 Å². The van der Waals surface area contributed by atoms with Crippen molar-refractivity contribution in [2.45, 2.75) is 0 Å². The molecule has 0 atom stereocenters. The highest BCUT2D eigenvalue weighted by molar-refractivity contribution is 8.26. The van der Waals surface area contributed by atoms with Gasteiger partial charge in [0.25, 0.3) is 17.5 Å². The number of hydrogen-bond acceptors (Lipinski definition) is 7. The lowest BCUT2D eigenvalue weighted by atomic mass is 10.1. The van der Waals surface area contributed by atoms with Gasteiger partial charge >= 0.3 is 0 Å². The van der Waals surface area contributed by atoms with E-state index in [-0.39, 0.29) is 20.5 Å². The Kier molecular flexibility index (Phi) is 5.36. The summed E-state index contributed by atoms with van der Waals surface area (Å²) in [7, 11) is 0. The third-order valence-corrected chi connectivity index (χ3v) is 5.68. The molecule has 2 amide bonds. The Morgan fingerprint density at radius 1 is 1.16 bits per heavy atom. The van der Waals surface area contributed by atoms with Gasteiger partial charge in [0.15, 0.2) is 4.32 Å². The summed E-state index contributed by atoms with van der Waals surface area (Å²) < 4.78 is 0.0872. The van der Waals surface area contributed by atoms with E-state index >= 15 is 0 Å². The van der Waals surface area contributed by atoms with E-state index < -0.39 is 22.3 Å². The Balaban J connectivity index is 1.61. The predicted octanol–water partition coefficient (Wildman–Crippen LogP) is 2.98. The minimum Gasteiger partial charge on any atom is -0.322 e. The van der Waals surface area contributed by atoms with Crippen molar-refractivity contribution < 1.29 is 14.5 Å². The lowest BCUT2D eigenvalue weighted by molar-refractivity contribution is -0.384. The first-order chi connectivity index (χ1) is 14.8. The van der Waals surface area contributed by atoms with Crippen molar-refractivity contribution in [1.82, 2.24) is 15.4 Å². The van der Waals surface area contributed by atoms with E-state index in [0.29, 0.717) is 16.5 Å².